The number of fused-ring (bicyclic) bond motifs is 1. The summed E-state index contributed by atoms with van der Waals surface area (Å²) in [5.74, 6) is 1.26. The fourth-order valence-corrected chi connectivity index (χ4v) is 3.65. The number of aliphatic hydroxyl groups is 1. The normalized spacial score (nSPS) is 15.7. The summed E-state index contributed by atoms with van der Waals surface area (Å²) in [6.45, 7) is 0.368. The Morgan fingerprint density at radius 3 is 2.55 bits per heavy atom. The highest BCUT2D eigenvalue weighted by Crippen LogP contribution is 2.39. The number of halogens is 1. The molecule has 0 saturated carbocycles. The van der Waals surface area contributed by atoms with Gasteiger partial charge in [-0.05, 0) is 36.4 Å². The minimum Gasteiger partial charge on any atom is -0.496 e. The van der Waals surface area contributed by atoms with E-state index in [2.05, 4.69) is 5.16 Å². The first-order chi connectivity index (χ1) is 14.0. The van der Waals surface area contributed by atoms with E-state index in [0.29, 0.717) is 33.4 Å². The van der Waals surface area contributed by atoms with Gasteiger partial charge in [0.15, 0.2) is 11.5 Å². The number of methoxy groups -OCH3 is 2. The average molecular weight is 415 g/mol. The maximum absolute atomic E-state index is 13.0. The molecule has 1 aromatic heterocycles. The Hall–Kier alpha value is -3.03. The summed E-state index contributed by atoms with van der Waals surface area (Å²) in [6.07, 6.45) is -0.907. The van der Waals surface area contributed by atoms with Gasteiger partial charge in [0.2, 0.25) is 0 Å². The Morgan fingerprint density at radius 1 is 1.17 bits per heavy atom. The molecule has 0 fully saturated rings. The highest BCUT2D eigenvalue weighted by atomic mass is 35.5. The van der Waals surface area contributed by atoms with Crippen molar-refractivity contribution in [3.63, 3.8) is 0 Å². The number of aromatic nitrogens is 1. The van der Waals surface area contributed by atoms with Gasteiger partial charge in [-0.1, -0.05) is 16.8 Å². The zero-order valence-corrected chi connectivity index (χ0v) is 16.6. The van der Waals surface area contributed by atoms with Crippen LogP contribution in [-0.2, 0) is 6.54 Å². The van der Waals surface area contributed by atoms with Crippen LogP contribution in [0.4, 0.5) is 0 Å². The number of nitrogens with zero attached hydrogens (tertiary/aromatic N) is 2. The van der Waals surface area contributed by atoms with Crippen LogP contribution in [0.1, 0.15) is 27.7 Å². The van der Waals surface area contributed by atoms with Gasteiger partial charge >= 0.3 is 0 Å². The van der Waals surface area contributed by atoms with E-state index >= 15 is 0 Å². The lowest BCUT2D eigenvalue weighted by Crippen LogP contribution is -2.38. The van der Waals surface area contributed by atoms with Crippen molar-refractivity contribution in [3.05, 3.63) is 64.3 Å². The summed E-state index contributed by atoms with van der Waals surface area (Å²) in [5.41, 5.74) is 2.27. The molecule has 0 spiro atoms. The van der Waals surface area contributed by atoms with Gasteiger partial charge in [-0.15, -0.1) is 0 Å². The molecule has 1 unspecified atom stereocenters. The first-order valence-electron chi connectivity index (χ1n) is 8.95. The number of β-amino-alcohol motifs (C(OH)–C–C–N with tert-alkyl or cyclic N) is 1. The lowest BCUT2D eigenvalue weighted by molar-refractivity contribution is 0.0529. The Kier molecular flexibility index (Phi) is 5.17. The molecule has 2 aromatic carbocycles. The minimum absolute atomic E-state index is 0.110. The van der Waals surface area contributed by atoms with Crippen LogP contribution >= 0.6 is 11.6 Å². The van der Waals surface area contributed by atoms with Gasteiger partial charge in [0, 0.05) is 27.8 Å². The predicted molar refractivity (Wildman–Crippen MR) is 106 cm³/mol. The summed E-state index contributed by atoms with van der Waals surface area (Å²) in [5, 5.41) is 15.2. The third-order valence-electron chi connectivity index (χ3n) is 4.93. The van der Waals surface area contributed by atoms with Crippen molar-refractivity contribution < 1.29 is 23.9 Å². The number of aliphatic hydroxyl groups excluding tert-OH is 1. The molecule has 3 aromatic rings. The monoisotopic (exact) mass is 414 g/mol. The van der Waals surface area contributed by atoms with Crippen LogP contribution in [0.2, 0.25) is 5.02 Å². The molecule has 1 N–H and O–H groups in total. The van der Waals surface area contributed by atoms with Crippen LogP contribution in [-0.4, -0.2) is 41.8 Å². The van der Waals surface area contributed by atoms with E-state index in [9.17, 15) is 9.90 Å². The summed E-state index contributed by atoms with van der Waals surface area (Å²) >= 11 is 5.91. The lowest BCUT2D eigenvalue weighted by Gasteiger charge is -2.33. The van der Waals surface area contributed by atoms with Crippen molar-refractivity contribution >= 4 is 17.5 Å². The fraction of sp³-hybridized carbons (Fsp3) is 0.238. The van der Waals surface area contributed by atoms with Crippen molar-refractivity contribution in [2.24, 2.45) is 0 Å². The molecule has 1 aliphatic heterocycles. The molecule has 150 valence electrons. The molecule has 0 bridgehead atoms. The Bertz CT molecular complexity index is 1050. The van der Waals surface area contributed by atoms with Gasteiger partial charge in [-0.3, -0.25) is 4.79 Å². The number of amides is 1. The summed E-state index contributed by atoms with van der Waals surface area (Å²) in [4.78, 5) is 14.5. The van der Waals surface area contributed by atoms with E-state index < -0.39 is 6.10 Å². The van der Waals surface area contributed by atoms with Crippen LogP contribution in [0.15, 0.2) is 47.0 Å². The molecular formula is C21H19ClN2O5. The number of hydrogen-bond donors (Lipinski definition) is 1. The maximum Gasteiger partial charge on any atom is 0.276 e. The molecule has 0 aliphatic carbocycles. The van der Waals surface area contributed by atoms with E-state index in [-0.39, 0.29) is 24.7 Å². The Balaban J connectivity index is 1.62. The molecule has 4 rings (SSSR count). The van der Waals surface area contributed by atoms with Crippen LogP contribution in [0.3, 0.4) is 0 Å². The second-order valence-electron chi connectivity index (χ2n) is 6.65. The van der Waals surface area contributed by atoms with E-state index in [0.717, 1.165) is 5.56 Å². The van der Waals surface area contributed by atoms with Gasteiger partial charge in [-0.2, -0.15) is 0 Å². The zero-order valence-electron chi connectivity index (χ0n) is 15.9. The lowest BCUT2D eigenvalue weighted by atomic mass is 9.95. The fourth-order valence-electron chi connectivity index (χ4n) is 3.52. The maximum atomic E-state index is 13.0. The van der Waals surface area contributed by atoms with Gasteiger partial charge < -0.3 is 24.0 Å². The van der Waals surface area contributed by atoms with Crippen LogP contribution in [0.5, 0.6) is 11.5 Å². The molecule has 0 radical (unpaired) electrons. The third-order valence-corrected chi connectivity index (χ3v) is 5.19. The highest BCUT2D eigenvalue weighted by Gasteiger charge is 2.33. The number of carbonyl (C=O) groups excluding carboxylic acids is 1. The second-order valence-corrected chi connectivity index (χ2v) is 7.08. The smallest absolute Gasteiger partial charge is 0.276 e. The first-order valence-corrected chi connectivity index (χ1v) is 9.33. The van der Waals surface area contributed by atoms with E-state index in [4.69, 9.17) is 25.6 Å². The zero-order chi connectivity index (χ0) is 20.5. The second kappa shape index (κ2) is 7.77. The van der Waals surface area contributed by atoms with Crippen molar-refractivity contribution in [2.75, 3.05) is 20.8 Å². The van der Waals surface area contributed by atoms with E-state index in [1.54, 1.807) is 56.7 Å². The molecule has 0 saturated heterocycles. The quantitative estimate of drug-likeness (QED) is 0.700. The van der Waals surface area contributed by atoms with Crippen LogP contribution < -0.4 is 9.47 Å². The van der Waals surface area contributed by atoms with Crippen molar-refractivity contribution in [1.29, 1.82) is 0 Å². The van der Waals surface area contributed by atoms with E-state index in [1.807, 2.05) is 0 Å². The average Bonchev–Trinajstić information content (AvgIpc) is 3.23. The molecule has 1 aliphatic rings. The number of benzene rings is 2. The number of carbonyl (C=O) groups is 1. The van der Waals surface area contributed by atoms with Gasteiger partial charge in [-0.25, -0.2) is 0 Å². The van der Waals surface area contributed by atoms with Crippen molar-refractivity contribution in [1.82, 2.24) is 10.1 Å². The number of hydrogen-bond acceptors (Lipinski definition) is 6. The van der Waals surface area contributed by atoms with E-state index in [1.165, 1.54) is 4.90 Å². The van der Waals surface area contributed by atoms with Crippen LogP contribution in [0.25, 0.3) is 11.3 Å². The SMILES string of the molecule is COc1ccc(OC)c2c1CN(C(=O)c1cc(-c3ccc(Cl)cc3)on1)CC2O. The van der Waals surface area contributed by atoms with Crippen molar-refractivity contribution in [3.8, 4) is 22.8 Å². The molecule has 29 heavy (non-hydrogen) atoms. The molecule has 2 heterocycles. The largest absolute Gasteiger partial charge is 0.496 e. The van der Waals surface area contributed by atoms with Crippen molar-refractivity contribution in [2.45, 2.75) is 12.6 Å². The summed E-state index contributed by atoms with van der Waals surface area (Å²) in [7, 11) is 3.09. The highest BCUT2D eigenvalue weighted by molar-refractivity contribution is 6.30. The molecule has 7 nitrogen and oxygen atoms in total. The Labute approximate surface area is 172 Å². The number of rotatable bonds is 4. The summed E-state index contributed by atoms with van der Waals surface area (Å²) < 4.78 is 16.1. The summed E-state index contributed by atoms with van der Waals surface area (Å²) in [6, 6.07) is 12.1. The Morgan fingerprint density at radius 2 is 1.86 bits per heavy atom. The number of ether oxygens (including phenoxy) is 2. The van der Waals surface area contributed by atoms with Gasteiger partial charge in [0.25, 0.3) is 5.91 Å². The van der Waals surface area contributed by atoms with Gasteiger partial charge in [0.1, 0.15) is 17.6 Å². The topological polar surface area (TPSA) is 85.0 Å². The molecular weight excluding hydrogens is 396 g/mol. The molecule has 1 amide bonds. The third kappa shape index (κ3) is 3.54. The predicted octanol–water partition coefficient (Wildman–Crippen LogP) is 3.70. The molecule has 8 heteroatoms. The first kappa shape index (κ1) is 19.3. The standard InChI is InChI=1S/C21H19ClN2O5/c1-27-17-7-8-18(28-2)20-14(17)10-24(11-16(20)25)21(26)15-9-19(29-23-15)12-3-5-13(22)6-4-12/h3-9,16,25H,10-11H2,1-2H3. The van der Waals surface area contributed by atoms with Crippen LogP contribution in [0, 0.1) is 0 Å². The minimum atomic E-state index is -0.907. The van der Waals surface area contributed by atoms with Gasteiger partial charge in [0.05, 0.1) is 27.3 Å². The molecule has 1 atom stereocenters.